The van der Waals surface area contributed by atoms with E-state index in [9.17, 15) is 9.59 Å². The highest BCUT2D eigenvalue weighted by Gasteiger charge is 2.05. The van der Waals surface area contributed by atoms with Crippen molar-refractivity contribution in [2.45, 2.75) is 10.6 Å². The van der Waals surface area contributed by atoms with Crippen LogP contribution in [0.5, 0.6) is 5.75 Å². The van der Waals surface area contributed by atoms with Crippen LogP contribution in [-0.2, 0) is 10.5 Å². The molecule has 7 heteroatoms. The van der Waals surface area contributed by atoms with Crippen molar-refractivity contribution in [2.24, 2.45) is 5.73 Å². The van der Waals surface area contributed by atoms with Gasteiger partial charge in [0.25, 0.3) is 5.91 Å². The van der Waals surface area contributed by atoms with E-state index in [0.29, 0.717) is 17.0 Å². The maximum atomic E-state index is 12.0. The Bertz CT molecular complexity index is 929. The van der Waals surface area contributed by atoms with Crippen LogP contribution >= 0.6 is 11.8 Å². The van der Waals surface area contributed by atoms with Crippen LogP contribution in [0.1, 0.15) is 15.9 Å². The van der Waals surface area contributed by atoms with Crippen molar-refractivity contribution in [1.29, 1.82) is 0 Å². The van der Waals surface area contributed by atoms with Gasteiger partial charge in [-0.1, -0.05) is 6.07 Å². The number of hydrogen-bond donors (Lipinski definition) is 2. The molecule has 0 radical (unpaired) electrons. The summed E-state index contributed by atoms with van der Waals surface area (Å²) in [6.45, 7) is -0.132. The fourth-order valence-corrected chi connectivity index (χ4v) is 3.18. The van der Waals surface area contributed by atoms with Gasteiger partial charge in [0.2, 0.25) is 5.91 Å². The number of thioether (sulfide) groups is 1. The standard InChI is InChI=1S/C21H19N3O3S/c22-21(26)16-3-7-18(8-4-16)27-13-20(25)24-17-5-9-19(10-6-17)28-14-15-2-1-11-23-12-15/h1-12H,13-14H2,(H2,22,26)(H,24,25). The Morgan fingerprint density at radius 1 is 1.04 bits per heavy atom. The quantitative estimate of drug-likeness (QED) is 0.571. The number of hydrogen-bond acceptors (Lipinski definition) is 5. The number of ether oxygens (including phenoxy) is 1. The Labute approximate surface area is 167 Å². The first-order valence-corrected chi connectivity index (χ1v) is 9.53. The third kappa shape index (κ3) is 5.85. The van der Waals surface area contributed by atoms with E-state index in [4.69, 9.17) is 10.5 Å². The van der Waals surface area contributed by atoms with Crippen molar-refractivity contribution >= 4 is 29.3 Å². The van der Waals surface area contributed by atoms with Crippen LogP contribution in [0.15, 0.2) is 78.0 Å². The van der Waals surface area contributed by atoms with Crippen molar-refractivity contribution in [2.75, 3.05) is 11.9 Å². The number of benzene rings is 2. The van der Waals surface area contributed by atoms with Gasteiger partial charge in [0, 0.05) is 34.3 Å². The molecular weight excluding hydrogens is 374 g/mol. The molecule has 2 aromatic carbocycles. The zero-order chi connectivity index (χ0) is 19.8. The Morgan fingerprint density at radius 3 is 2.43 bits per heavy atom. The van der Waals surface area contributed by atoms with Gasteiger partial charge >= 0.3 is 0 Å². The third-order valence-corrected chi connectivity index (χ3v) is 4.86. The maximum Gasteiger partial charge on any atom is 0.262 e. The van der Waals surface area contributed by atoms with E-state index < -0.39 is 5.91 Å². The molecule has 0 aliphatic heterocycles. The van der Waals surface area contributed by atoms with Crippen molar-refractivity contribution in [1.82, 2.24) is 4.98 Å². The molecule has 0 aliphatic rings. The number of aromatic nitrogens is 1. The first kappa shape index (κ1) is 19.4. The Morgan fingerprint density at radius 2 is 1.79 bits per heavy atom. The van der Waals surface area contributed by atoms with E-state index in [1.165, 1.54) is 0 Å². The van der Waals surface area contributed by atoms with Crippen LogP contribution in [0.3, 0.4) is 0 Å². The molecule has 1 aromatic heterocycles. The second-order valence-corrected chi connectivity index (χ2v) is 6.95. The van der Waals surface area contributed by atoms with Crippen LogP contribution in [0.4, 0.5) is 5.69 Å². The Kier molecular flexibility index (Phi) is 6.64. The number of rotatable bonds is 8. The lowest BCUT2D eigenvalue weighted by atomic mass is 10.2. The lowest BCUT2D eigenvalue weighted by molar-refractivity contribution is -0.118. The summed E-state index contributed by atoms with van der Waals surface area (Å²) < 4.78 is 5.41. The highest BCUT2D eigenvalue weighted by atomic mass is 32.2. The van der Waals surface area contributed by atoms with Gasteiger partial charge in [-0.2, -0.15) is 0 Å². The number of carbonyl (C=O) groups is 2. The average Bonchev–Trinajstić information content (AvgIpc) is 2.73. The zero-order valence-corrected chi connectivity index (χ0v) is 15.8. The predicted octanol–water partition coefficient (Wildman–Crippen LogP) is 3.49. The molecule has 6 nitrogen and oxygen atoms in total. The molecule has 0 spiro atoms. The second-order valence-electron chi connectivity index (χ2n) is 5.90. The summed E-state index contributed by atoms with van der Waals surface area (Å²) in [6.07, 6.45) is 3.61. The minimum atomic E-state index is -0.508. The molecule has 28 heavy (non-hydrogen) atoms. The van der Waals surface area contributed by atoms with Gasteiger partial charge in [-0.05, 0) is 60.2 Å². The van der Waals surface area contributed by atoms with Gasteiger partial charge in [-0.25, -0.2) is 0 Å². The summed E-state index contributed by atoms with van der Waals surface area (Å²) in [5.74, 6) is 0.547. The topological polar surface area (TPSA) is 94.3 Å². The molecule has 0 unspecified atom stereocenters. The van der Waals surface area contributed by atoms with E-state index >= 15 is 0 Å². The molecule has 0 saturated carbocycles. The van der Waals surface area contributed by atoms with Crippen LogP contribution < -0.4 is 15.8 Å². The fourth-order valence-electron chi connectivity index (χ4n) is 2.35. The largest absolute Gasteiger partial charge is 0.484 e. The van der Waals surface area contributed by atoms with Crippen molar-refractivity contribution in [3.05, 3.63) is 84.2 Å². The molecule has 0 atom stereocenters. The molecule has 0 bridgehead atoms. The smallest absolute Gasteiger partial charge is 0.262 e. The van der Waals surface area contributed by atoms with Crippen LogP contribution in [0.2, 0.25) is 0 Å². The summed E-state index contributed by atoms with van der Waals surface area (Å²) in [6, 6.07) is 17.9. The first-order chi connectivity index (χ1) is 13.6. The zero-order valence-electron chi connectivity index (χ0n) is 15.0. The molecule has 3 N–H and O–H groups in total. The monoisotopic (exact) mass is 393 g/mol. The van der Waals surface area contributed by atoms with Gasteiger partial charge in [0.15, 0.2) is 6.61 Å². The Balaban J connectivity index is 1.45. The number of nitrogens with two attached hydrogens (primary N) is 1. The minimum Gasteiger partial charge on any atom is -0.484 e. The number of amides is 2. The number of anilines is 1. The molecule has 0 aliphatic carbocycles. The van der Waals surface area contributed by atoms with Gasteiger partial charge in [0.1, 0.15) is 5.75 Å². The van der Waals surface area contributed by atoms with E-state index in [0.717, 1.165) is 16.2 Å². The highest BCUT2D eigenvalue weighted by Crippen LogP contribution is 2.24. The second kappa shape index (κ2) is 9.57. The van der Waals surface area contributed by atoms with Gasteiger partial charge in [-0.15, -0.1) is 11.8 Å². The van der Waals surface area contributed by atoms with Crippen LogP contribution in [0, 0.1) is 0 Å². The SMILES string of the molecule is NC(=O)c1ccc(OCC(=O)Nc2ccc(SCc3cccnc3)cc2)cc1. The van der Waals surface area contributed by atoms with Crippen molar-refractivity contribution in [3.63, 3.8) is 0 Å². The Hall–Kier alpha value is -3.32. The summed E-state index contributed by atoms with van der Waals surface area (Å²) in [4.78, 5) is 28.3. The minimum absolute atomic E-state index is 0.132. The number of nitrogens with one attached hydrogen (secondary N) is 1. The fraction of sp³-hybridized carbons (Fsp3) is 0.0952. The van der Waals surface area contributed by atoms with E-state index in [1.54, 1.807) is 42.2 Å². The van der Waals surface area contributed by atoms with Gasteiger partial charge in [0.05, 0.1) is 0 Å². The van der Waals surface area contributed by atoms with Gasteiger partial charge < -0.3 is 15.8 Å². The lowest BCUT2D eigenvalue weighted by Crippen LogP contribution is -2.20. The number of carbonyl (C=O) groups excluding carboxylic acids is 2. The van der Waals surface area contributed by atoms with Crippen LogP contribution in [0.25, 0.3) is 0 Å². The number of pyridine rings is 1. The summed E-state index contributed by atoms with van der Waals surface area (Å²) in [5, 5.41) is 2.79. The molecule has 0 fully saturated rings. The molecular formula is C21H19N3O3S. The maximum absolute atomic E-state index is 12.0. The van der Waals surface area contributed by atoms with E-state index in [1.807, 2.05) is 42.6 Å². The molecule has 0 saturated heterocycles. The first-order valence-electron chi connectivity index (χ1n) is 8.54. The lowest BCUT2D eigenvalue weighted by Gasteiger charge is -2.08. The number of primary amides is 1. The third-order valence-electron chi connectivity index (χ3n) is 3.78. The molecule has 142 valence electrons. The number of nitrogens with zero attached hydrogens (tertiary/aromatic N) is 1. The van der Waals surface area contributed by atoms with Gasteiger partial charge in [-0.3, -0.25) is 14.6 Å². The summed E-state index contributed by atoms with van der Waals surface area (Å²) >= 11 is 1.70. The van der Waals surface area contributed by atoms with Crippen molar-refractivity contribution < 1.29 is 14.3 Å². The molecule has 3 rings (SSSR count). The van der Waals surface area contributed by atoms with E-state index in [-0.39, 0.29) is 12.5 Å². The average molecular weight is 393 g/mol. The summed E-state index contributed by atoms with van der Waals surface area (Å²) in [5.41, 5.74) is 7.43. The van der Waals surface area contributed by atoms with E-state index in [2.05, 4.69) is 10.3 Å². The predicted molar refractivity (Wildman–Crippen MR) is 109 cm³/mol. The van der Waals surface area contributed by atoms with Crippen LogP contribution in [-0.4, -0.2) is 23.4 Å². The van der Waals surface area contributed by atoms with Crippen molar-refractivity contribution in [3.8, 4) is 5.75 Å². The normalized spacial score (nSPS) is 10.3. The molecule has 3 aromatic rings. The molecule has 2 amide bonds. The highest BCUT2D eigenvalue weighted by molar-refractivity contribution is 7.98. The summed E-state index contributed by atoms with van der Waals surface area (Å²) in [7, 11) is 0. The molecule has 1 heterocycles.